The maximum absolute atomic E-state index is 12.4. The SMILES string of the molecule is CCCCCCCCCCCCCCC[C@H](O)[C@H](CO)NC(=O)CCCCCCCCCCCNc1ccc([N+](=O)[O-])c2c1=NCN=2. The van der Waals surface area contributed by atoms with Crippen molar-refractivity contribution in [2.75, 3.05) is 25.1 Å². The number of hydrogen-bond donors (Lipinski definition) is 4. The van der Waals surface area contributed by atoms with Crippen LogP contribution in [0.2, 0.25) is 0 Å². The van der Waals surface area contributed by atoms with Gasteiger partial charge in [-0.25, -0.2) is 0 Å². The zero-order valence-electron chi connectivity index (χ0n) is 29.4. The van der Waals surface area contributed by atoms with E-state index in [9.17, 15) is 25.1 Å². The number of unbranched alkanes of at least 4 members (excludes halogenated alkanes) is 20. The fraction of sp³-hybridized carbons (Fsp3) is 0.811. The number of benzene rings is 1. The molecule has 0 bridgehead atoms. The predicted octanol–water partition coefficient (Wildman–Crippen LogP) is 7.44. The first-order chi connectivity index (χ1) is 23.0. The normalized spacial score (nSPS) is 13.4. The van der Waals surface area contributed by atoms with Crippen LogP contribution in [0.4, 0.5) is 11.4 Å². The lowest BCUT2D eigenvalue weighted by atomic mass is 10.0. The highest BCUT2D eigenvalue weighted by Crippen LogP contribution is 2.15. The van der Waals surface area contributed by atoms with Gasteiger partial charge in [-0.05, 0) is 25.3 Å². The molecule has 0 unspecified atom stereocenters. The van der Waals surface area contributed by atoms with E-state index < -0.39 is 17.1 Å². The number of nitrogens with zero attached hydrogens (tertiary/aromatic N) is 3. The number of hydrogen-bond acceptors (Lipinski definition) is 8. The number of fused-ring (bicyclic) bond motifs is 1. The van der Waals surface area contributed by atoms with Gasteiger partial charge in [0, 0.05) is 19.0 Å². The van der Waals surface area contributed by atoms with Crippen molar-refractivity contribution in [1.29, 1.82) is 0 Å². The topological polar surface area (TPSA) is 149 Å². The Labute approximate surface area is 283 Å². The van der Waals surface area contributed by atoms with E-state index in [-0.39, 0.29) is 24.9 Å². The van der Waals surface area contributed by atoms with Crippen LogP contribution in [0.15, 0.2) is 22.1 Å². The van der Waals surface area contributed by atoms with Gasteiger partial charge >= 0.3 is 0 Å². The second-order valence-electron chi connectivity index (χ2n) is 13.4. The first-order valence-electron chi connectivity index (χ1n) is 19.0. The largest absolute Gasteiger partial charge is 0.394 e. The van der Waals surface area contributed by atoms with Crippen molar-refractivity contribution in [3.63, 3.8) is 0 Å². The summed E-state index contributed by atoms with van der Waals surface area (Å²) in [5, 5.41) is 38.6. The Kier molecular flexibility index (Phi) is 22.8. The molecule has 2 rings (SSSR count). The van der Waals surface area contributed by atoms with Crippen molar-refractivity contribution in [2.24, 2.45) is 9.98 Å². The number of nitrogens with one attached hydrogen (secondary N) is 2. The number of nitro groups is 1. The third kappa shape index (κ3) is 17.9. The summed E-state index contributed by atoms with van der Waals surface area (Å²) in [7, 11) is 0. The highest BCUT2D eigenvalue weighted by Gasteiger charge is 2.20. The van der Waals surface area contributed by atoms with Crippen molar-refractivity contribution in [2.45, 2.75) is 173 Å². The molecule has 268 valence electrons. The molecule has 0 aliphatic carbocycles. The van der Waals surface area contributed by atoms with Crippen molar-refractivity contribution < 1.29 is 19.9 Å². The summed E-state index contributed by atoms with van der Waals surface area (Å²) < 4.78 is 0. The molecule has 1 amide bonds. The molecule has 1 aliphatic rings. The van der Waals surface area contributed by atoms with E-state index in [0.29, 0.717) is 23.6 Å². The maximum Gasteiger partial charge on any atom is 0.296 e. The average Bonchev–Trinajstić information content (AvgIpc) is 3.56. The third-order valence-electron chi connectivity index (χ3n) is 9.29. The van der Waals surface area contributed by atoms with E-state index in [1.54, 1.807) is 6.07 Å². The fourth-order valence-corrected chi connectivity index (χ4v) is 6.34. The highest BCUT2D eigenvalue weighted by molar-refractivity contribution is 5.76. The van der Waals surface area contributed by atoms with E-state index in [2.05, 4.69) is 27.5 Å². The minimum absolute atomic E-state index is 0.0100. The minimum atomic E-state index is -0.693. The molecule has 2 atom stereocenters. The quantitative estimate of drug-likeness (QED) is 0.0370. The zero-order valence-corrected chi connectivity index (χ0v) is 29.4. The van der Waals surface area contributed by atoms with Gasteiger partial charge < -0.3 is 20.8 Å². The van der Waals surface area contributed by atoms with E-state index in [1.807, 2.05) is 0 Å². The molecule has 0 spiro atoms. The summed E-state index contributed by atoms with van der Waals surface area (Å²) in [5.41, 5.74) is 0.824. The van der Waals surface area contributed by atoms with Gasteiger partial charge in [-0.2, -0.15) is 0 Å². The monoisotopic (exact) mass is 659 g/mol. The van der Waals surface area contributed by atoms with Crippen molar-refractivity contribution in [3.8, 4) is 0 Å². The molecular formula is C37H65N5O5. The number of amides is 1. The Morgan fingerprint density at radius 2 is 1.30 bits per heavy atom. The first-order valence-corrected chi connectivity index (χ1v) is 19.0. The average molecular weight is 660 g/mol. The van der Waals surface area contributed by atoms with Gasteiger partial charge in [0.2, 0.25) is 5.91 Å². The second-order valence-corrected chi connectivity index (χ2v) is 13.4. The van der Waals surface area contributed by atoms with Gasteiger partial charge in [-0.3, -0.25) is 24.9 Å². The Bertz CT molecular complexity index is 1120. The number of nitro benzene ring substituents is 1. The Morgan fingerprint density at radius 3 is 1.85 bits per heavy atom. The molecule has 1 aromatic rings. The van der Waals surface area contributed by atoms with E-state index >= 15 is 0 Å². The Hall–Kier alpha value is -2.59. The fourth-order valence-electron chi connectivity index (χ4n) is 6.34. The van der Waals surface area contributed by atoms with E-state index in [0.717, 1.165) is 63.6 Å². The van der Waals surface area contributed by atoms with Crippen molar-refractivity contribution >= 4 is 17.3 Å². The number of carbonyl (C=O) groups is 1. The van der Waals surface area contributed by atoms with Crippen molar-refractivity contribution in [3.05, 3.63) is 33.0 Å². The van der Waals surface area contributed by atoms with E-state index in [1.165, 1.54) is 96.0 Å². The van der Waals surface area contributed by atoms with Crippen LogP contribution in [-0.2, 0) is 4.79 Å². The van der Waals surface area contributed by atoms with Crippen LogP contribution in [0.25, 0.3) is 0 Å². The van der Waals surface area contributed by atoms with E-state index in [4.69, 9.17) is 0 Å². The van der Waals surface area contributed by atoms with Crippen LogP contribution in [-0.4, -0.2) is 53.0 Å². The number of non-ortho nitro benzene ring substituents is 1. The number of rotatable bonds is 31. The standard InChI is InChI=1S/C37H65N5O5/c1-2-3-4-5-6-7-8-9-10-12-15-18-21-24-34(44)32(29-43)41-35(45)25-22-19-16-13-11-14-17-20-23-28-38-31-26-27-33(42(46)47)37-36(31)39-30-40-37/h26-27,32,34,38,43-44H,2-25,28-30H2,1H3,(H,41,45)/t32-,34-/m0/s1. The van der Waals surface area contributed by atoms with Crippen LogP contribution in [0.1, 0.15) is 161 Å². The van der Waals surface area contributed by atoms with Gasteiger partial charge in [-0.15, -0.1) is 0 Å². The number of carbonyl (C=O) groups excluding carboxylic acids is 1. The maximum atomic E-state index is 12.4. The molecule has 1 aromatic carbocycles. The third-order valence-corrected chi connectivity index (χ3v) is 9.29. The van der Waals surface area contributed by atoms with Gasteiger partial charge in [-0.1, -0.05) is 135 Å². The van der Waals surface area contributed by atoms with Gasteiger partial charge in [0.1, 0.15) is 12.0 Å². The number of aliphatic hydroxyl groups excluding tert-OH is 2. The second kappa shape index (κ2) is 26.4. The minimum Gasteiger partial charge on any atom is -0.394 e. The van der Waals surface area contributed by atoms with Crippen molar-refractivity contribution in [1.82, 2.24) is 5.32 Å². The number of anilines is 1. The summed E-state index contributed by atoms with van der Waals surface area (Å²) in [4.78, 5) is 31.6. The van der Waals surface area contributed by atoms with Crippen LogP contribution in [0, 0.1) is 10.1 Å². The molecule has 0 saturated carbocycles. The van der Waals surface area contributed by atoms with Gasteiger partial charge in [0.05, 0.1) is 29.4 Å². The number of aliphatic hydroxyl groups is 2. The van der Waals surface area contributed by atoms with Crippen LogP contribution in [0.3, 0.4) is 0 Å². The lowest BCUT2D eigenvalue weighted by molar-refractivity contribution is -0.386. The summed E-state index contributed by atoms with van der Waals surface area (Å²) in [6.45, 7) is 3.08. The lowest BCUT2D eigenvalue weighted by Crippen LogP contribution is -2.45. The Morgan fingerprint density at radius 1 is 0.787 bits per heavy atom. The van der Waals surface area contributed by atoms with Gasteiger partial charge in [0.15, 0.2) is 5.36 Å². The molecule has 0 aromatic heterocycles. The summed E-state index contributed by atoms with van der Waals surface area (Å²) in [6.07, 6.45) is 26.9. The first kappa shape index (κ1) is 40.6. The molecule has 0 fully saturated rings. The molecule has 0 radical (unpaired) electrons. The van der Waals surface area contributed by atoms with Crippen LogP contribution >= 0.6 is 0 Å². The summed E-state index contributed by atoms with van der Waals surface area (Å²) in [5.74, 6) is -0.0798. The molecule has 10 heteroatoms. The molecule has 47 heavy (non-hydrogen) atoms. The molecular weight excluding hydrogens is 594 g/mol. The molecule has 1 heterocycles. The smallest absolute Gasteiger partial charge is 0.296 e. The summed E-state index contributed by atoms with van der Waals surface area (Å²) >= 11 is 0. The molecule has 0 saturated heterocycles. The predicted molar refractivity (Wildman–Crippen MR) is 190 cm³/mol. The van der Waals surface area contributed by atoms with Crippen LogP contribution < -0.4 is 21.3 Å². The Balaban J connectivity index is 1.38. The molecule has 1 aliphatic heterocycles. The lowest BCUT2D eigenvalue weighted by Gasteiger charge is -2.22. The summed E-state index contributed by atoms with van der Waals surface area (Å²) in [6, 6.07) is 2.65. The molecule has 4 N–H and O–H groups in total. The van der Waals surface area contributed by atoms with Crippen LogP contribution in [0.5, 0.6) is 0 Å². The molecule has 10 nitrogen and oxygen atoms in total. The highest BCUT2D eigenvalue weighted by atomic mass is 16.6. The zero-order chi connectivity index (χ0) is 34.0. The van der Waals surface area contributed by atoms with Gasteiger partial charge in [0.25, 0.3) is 5.69 Å².